The fraction of sp³-hybridized carbons (Fsp3) is 0.550. The molecule has 0 aromatic heterocycles. The predicted octanol–water partition coefficient (Wildman–Crippen LogP) is 3.06. The van der Waals surface area contributed by atoms with Crippen LogP contribution < -0.4 is 9.47 Å². The summed E-state index contributed by atoms with van der Waals surface area (Å²) in [6.45, 7) is 3.01. The highest BCUT2D eigenvalue weighted by atomic mass is 16.6. The maximum Gasteiger partial charge on any atom is 0.410 e. The topological polar surface area (TPSA) is 48.0 Å². The number of rotatable bonds is 2. The van der Waals surface area contributed by atoms with Crippen LogP contribution in [-0.2, 0) is 16.6 Å². The minimum atomic E-state index is -0.176. The minimum absolute atomic E-state index is 0.0279. The molecule has 25 heavy (non-hydrogen) atoms. The lowest BCUT2D eigenvalue weighted by Crippen LogP contribution is -2.64. The summed E-state index contributed by atoms with van der Waals surface area (Å²) < 4.78 is 17.3. The summed E-state index contributed by atoms with van der Waals surface area (Å²) in [5.41, 5.74) is 2.61. The Labute approximate surface area is 147 Å². The molecular weight excluding hydrogens is 318 g/mol. The molecule has 1 aromatic rings. The van der Waals surface area contributed by atoms with E-state index in [0.29, 0.717) is 12.5 Å². The van der Waals surface area contributed by atoms with Crippen molar-refractivity contribution in [3.63, 3.8) is 0 Å². The van der Waals surface area contributed by atoms with Crippen molar-refractivity contribution in [3.8, 4) is 11.5 Å². The van der Waals surface area contributed by atoms with Crippen LogP contribution in [0, 0.1) is 5.92 Å². The zero-order valence-corrected chi connectivity index (χ0v) is 14.7. The quantitative estimate of drug-likeness (QED) is 0.776. The number of carbonyl (C=O) groups excluding carboxylic acids is 1. The Balaban J connectivity index is 1.67. The number of likely N-dealkylation sites (tertiary alicyclic amines) is 1. The van der Waals surface area contributed by atoms with Gasteiger partial charge in [-0.3, -0.25) is 0 Å². The highest BCUT2D eigenvalue weighted by Gasteiger charge is 2.63. The van der Waals surface area contributed by atoms with E-state index in [9.17, 15) is 4.79 Å². The summed E-state index contributed by atoms with van der Waals surface area (Å²) >= 11 is 0. The molecule has 5 nitrogen and oxygen atoms in total. The van der Waals surface area contributed by atoms with Crippen molar-refractivity contribution < 1.29 is 19.0 Å². The first kappa shape index (κ1) is 15.1. The molecule has 1 saturated heterocycles. The number of nitrogens with zero attached hydrogens (tertiary/aromatic N) is 1. The average molecular weight is 341 g/mol. The van der Waals surface area contributed by atoms with Crippen molar-refractivity contribution >= 4 is 6.09 Å². The lowest BCUT2D eigenvalue weighted by Gasteiger charge is -2.56. The molecule has 5 rings (SSSR count). The van der Waals surface area contributed by atoms with Gasteiger partial charge in [-0.25, -0.2) is 4.79 Å². The van der Waals surface area contributed by atoms with E-state index >= 15 is 0 Å². The van der Waals surface area contributed by atoms with E-state index in [1.807, 2.05) is 17.9 Å². The molecule has 2 bridgehead atoms. The third kappa shape index (κ3) is 1.76. The van der Waals surface area contributed by atoms with Gasteiger partial charge in [-0.1, -0.05) is 12.1 Å². The predicted molar refractivity (Wildman–Crippen MR) is 92.2 cm³/mol. The van der Waals surface area contributed by atoms with E-state index in [2.05, 4.69) is 18.2 Å². The second-order valence-electron chi connectivity index (χ2n) is 7.39. The fourth-order valence-electron chi connectivity index (χ4n) is 5.66. The number of carbonyl (C=O) groups is 1. The van der Waals surface area contributed by atoms with Gasteiger partial charge in [0.25, 0.3) is 0 Å². The number of piperidine rings is 1. The Bertz CT molecular complexity index is 773. The number of allylic oxidation sites excluding steroid dienone is 1. The molecular formula is C20H23NO4. The first-order chi connectivity index (χ1) is 12.2. The van der Waals surface area contributed by atoms with Crippen molar-refractivity contribution in [2.45, 2.75) is 43.7 Å². The number of methoxy groups -OCH3 is 1. The Morgan fingerprint density at radius 2 is 2.32 bits per heavy atom. The zero-order valence-electron chi connectivity index (χ0n) is 14.7. The van der Waals surface area contributed by atoms with Crippen molar-refractivity contribution in [2.75, 3.05) is 20.3 Å². The number of hydrogen-bond donors (Lipinski definition) is 0. The van der Waals surface area contributed by atoms with Crippen LogP contribution >= 0.6 is 0 Å². The lowest BCUT2D eigenvalue weighted by atomic mass is 9.53. The number of amides is 1. The minimum Gasteiger partial charge on any atom is -0.493 e. The van der Waals surface area contributed by atoms with Gasteiger partial charge < -0.3 is 19.1 Å². The third-order valence-corrected chi connectivity index (χ3v) is 6.57. The highest BCUT2D eigenvalue weighted by Crippen LogP contribution is 2.62. The lowest BCUT2D eigenvalue weighted by molar-refractivity contribution is -0.0153. The molecule has 2 heterocycles. The SMILES string of the molecule is CCOC(=O)N1CC[C@]23c4c5ccc(OC)c4O[C@H]2C=CC[C@H]3[C@@H]1C5. The molecule has 0 unspecified atom stereocenters. The number of ether oxygens (including phenoxy) is 3. The average Bonchev–Trinajstić information content (AvgIpc) is 2.95. The summed E-state index contributed by atoms with van der Waals surface area (Å²) in [5.74, 6) is 2.12. The van der Waals surface area contributed by atoms with Gasteiger partial charge in [0.05, 0.1) is 13.7 Å². The van der Waals surface area contributed by atoms with Gasteiger partial charge in [0.15, 0.2) is 11.5 Å². The molecule has 2 aliphatic carbocycles. The molecule has 1 spiro atoms. The Morgan fingerprint density at radius 3 is 3.12 bits per heavy atom. The molecule has 0 radical (unpaired) electrons. The van der Waals surface area contributed by atoms with E-state index in [0.717, 1.165) is 37.3 Å². The molecule has 0 N–H and O–H groups in total. The number of hydrogen-bond acceptors (Lipinski definition) is 4. The molecule has 1 aromatic carbocycles. The number of benzene rings is 1. The maximum absolute atomic E-state index is 12.5. The van der Waals surface area contributed by atoms with Gasteiger partial charge in [-0.15, -0.1) is 0 Å². The summed E-state index contributed by atoms with van der Waals surface area (Å²) in [7, 11) is 1.70. The molecule has 132 valence electrons. The molecule has 1 amide bonds. The van der Waals surface area contributed by atoms with Crippen molar-refractivity contribution in [2.24, 2.45) is 5.92 Å². The van der Waals surface area contributed by atoms with Crippen LogP contribution in [0.3, 0.4) is 0 Å². The van der Waals surface area contributed by atoms with Crippen molar-refractivity contribution in [3.05, 3.63) is 35.4 Å². The van der Waals surface area contributed by atoms with Crippen LogP contribution in [0.25, 0.3) is 0 Å². The smallest absolute Gasteiger partial charge is 0.410 e. The van der Waals surface area contributed by atoms with E-state index < -0.39 is 0 Å². The van der Waals surface area contributed by atoms with Crippen molar-refractivity contribution in [1.29, 1.82) is 0 Å². The summed E-state index contributed by atoms with van der Waals surface area (Å²) in [6.07, 6.45) is 7.06. The van der Waals surface area contributed by atoms with Gasteiger partial charge in [0, 0.05) is 23.6 Å². The van der Waals surface area contributed by atoms with E-state index in [4.69, 9.17) is 14.2 Å². The third-order valence-electron chi connectivity index (χ3n) is 6.57. The summed E-state index contributed by atoms with van der Waals surface area (Å²) in [6, 6.07) is 4.33. The van der Waals surface area contributed by atoms with Crippen LogP contribution in [0.15, 0.2) is 24.3 Å². The second-order valence-corrected chi connectivity index (χ2v) is 7.39. The largest absolute Gasteiger partial charge is 0.493 e. The molecule has 5 heteroatoms. The van der Waals surface area contributed by atoms with Crippen LogP contribution in [0.5, 0.6) is 11.5 Å². The standard InChI is InChI=1S/C20H23NO4/c1-3-24-19(22)21-10-9-20-13-5-4-6-16(20)25-18-15(23-2)8-7-12(17(18)20)11-14(13)21/h4,6-8,13-14,16H,3,5,9-11H2,1-2H3/t13-,14-,16-,20+/m0/s1. The Kier molecular flexibility index (Phi) is 3.12. The van der Waals surface area contributed by atoms with Crippen LogP contribution in [0.1, 0.15) is 30.9 Å². The summed E-state index contributed by atoms with van der Waals surface area (Å²) in [5, 5.41) is 0. The van der Waals surface area contributed by atoms with E-state index in [1.54, 1.807) is 7.11 Å². The molecule has 4 atom stereocenters. The van der Waals surface area contributed by atoms with Crippen LogP contribution in [-0.4, -0.2) is 43.4 Å². The molecule has 4 aliphatic rings. The van der Waals surface area contributed by atoms with Gasteiger partial charge in [0.1, 0.15) is 6.10 Å². The summed E-state index contributed by atoms with van der Waals surface area (Å²) in [4.78, 5) is 14.5. The second kappa shape index (κ2) is 5.16. The van der Waals surface area contributed by atoms with E-state index in [-0.39, 0.29) is 23.7 Å². The normalized spacial score (nSPS) is 33.5. The zero-order chi connectivity index (χ0) is 17.2. The molecule has 0 saturated carbocycles. The van der Waals surface area contributed by atoms with E-state index in [1.165, 1.54) is 11.1 Å². The van der Waals surface area contributed by atoms with Crippen molar-refractivity contribution in [1.82, 2.24) is 4.90 Å². The Morgan fingerprint density at radius 1 is 1.44 bits per heavy atom. The maximum atomic E-state index is 12.5. The van der Waals surface area contributed by atoms with Gasteiger partial charge in [0.2, 0.25) is 0 Å². The molecule has 2 aliphatic heterocycles. The first-order valence-electron chi connectivity index (χ1n) is 9.17. The fourth-order valence-corrected chi connectivity index (χ4v) is 5.66. The first-order valence-corrected chi connectivity index (χ1v) is 9.17. The highest BCUT2D eigenvalue weighted by molar-refractivity contribution is 5.70. The Hall–Kier alpha value is -2.17. The van der Waals surface area contributed by atoms with Crippen LogP contribution in [0.4, 0.5) is 4.79 Å². The van der Waals surface area contributed by atoms with Gasteiger partial charge in [-0.05, 0) is 49.8 Å². The molecule has 1 fully saturated rings. The van der Waals surface area contributed by atoms with Crippen LogP contribution in [0.2, 0.25) is 0 Å². The van der Waals surface area contributed by atoms with Gasteiger partial charge >= 0.3 is 6.09 Å². The monoisotopic (exact) mass is 341 g/mol. The van der Waals surface area contributed by atoms with Gasteiger partial charge in [-0.2, -0.15) is 0 Å².